The number of morpholine rings is 1. The Morgan fingerprint density at radius 3 is 2.88 bits per heavy atom. The molecule has 8 nitrogen and oxygen atoms in total. The molecule has 2 aliphatic rings. The smallest absolute Gasteiger partial charge is 0.252 e. The highest BCUT2D eigenvalue weighted by Crippen LogP contribution is 2.34. The van der Waals surface area contributed by atoms with Crippen molar-refractivity contribution in [3.8, 4) is 17.2 Å². The summed E-state index contributed by atoms with van der Waals surface area (Å²) in [5.41, 5.74) is 1.73. The first-order valence-electron chi connectivity index (χ1n) is 11.3. The molecule has 0 N–H and O–H groups in total. The third-order valence-corrected chi connectivity index (χ3v) is 6.90. The lowest BCUT2D eigenvalue weighted by Crippen LogP contribution is -2.39. The van der Waals surface area contributed by atoms with Gasteiger partial charge in [0.1, 0.15) is 5.75 Å². The summed E-state index contributed by atoms with van der Waals surface area (Å²) in [5.74, 6) is 2.08. The van der Waals surface area contributed by atoms with Crippen molar-refractivity contribution in [1.29, 1.82) is 0 Å². The van der Waals surface area contributed by atoms with Crippen LogP contribution in [0.3, 0.4) is 0 Å². The third kappa shape index (κ3) is 5.16. The van der Waals surface area contributed by atoms with Crippen LogP contribution in [0.25, 0.3) is 16.3 Å². The Bertz CT molecular complexity index is 1190. The normalized spacial score (nSPS) is 15.8. The number of hydrogen-bond acceptors (Lipinski definition) is 8. The molecule has 1 aromatic heterocycles. The van der Waals surface area contributed by atoms with Crippen LogP contribution in [0.15, 0.2) is 42.5 Å². The molecule has 0 saturated carbocycles. The highest BCUT2D eigenvalue weighted by atomic mass is 32.1. The number of benzene rings is 2. The Labute approximate surface area is 202 Å². The summed E-state index contributed by atoms with van der Waals surface area (Å²) in [4.78, 5) is 22.2. The molecule has 3 aromatic rings. The second kappa shape index (κ2) is 10.4. The van der Waals surface area contributed by atoms with E-state index in [0.717, 1.165) is 66.5 Å². The van der Waals surface area contributed by atoms with Crippen LogP contribution in [0.5, 0.6) is 17.2 Å². The van der Waals surface area contributed by atoms with Crippen LogP contribution in [0, 0.1) is 0 Å². The van der Waals surface area contributed by atoms with Crippen molar-refractivity contribution in [3.05, 3.63) is 48.0 Å². The van der Waals surface area contributed by atoms with E-state index < -0.39 is 0 Å². The van der Waals surface area contributed by atoms with Crippen LogP contribution in [0.1, 0.15) is 12.0 Å². The van der Waals surface area contributed by atoms with Crippen LogP contribution in [0.2, 0.25) is 0 Å². The fourth-order valence-electron chi connectivity index (χ4n) is 3.99. The molecule has 1 fully saturated rings. The predicted octanol–water partition coefficient (Wildman–Crippen LogP) is 3.80. The van der Waals surface area contributed by atoms with Gasteiger partial charge in [-0.05, 0) is 48.4 Å². The number of carbonyl (C=O) groups excluding carboxylic acids is 1. The summed E-state index contributed by atoms with van der Waals surface area (Å²) in [6.45, 7) is 5.11. The van der Waals surface area contributed by atoms with E-state index >= 15 is 0 Å². The number of rotatable bonds is 8. The Hall–Kier alpha value is -3.14. The minimum Gasteiger partial charge on any atom is -0.497 e. The number of thiazole rings is 1. The van der Waals surface area contributed by atoms with Crippen molar-refractivity contribution < 1.29 is 23.7 Å². The summed E-state index contributed by atoms with van der Waals surface area (Å²) < 4.78 is 22.6. The number of aromatic nitrogens is 1. The van der Waals surface area contributed by atoms with E-state index in [1.807, 2.05) is 36.4 Å². The van der Waals surface area contributed by atoms with E-state index in [2.05, 4.69) is 4.90 Å². The molecule has 5 rings (SSSR count). The van der Waals surface area contributed by atoms with Gasteiger partial charge in [0.05, 0.1) is 30.5 Å². The minimum absolute atomic E-state index is 0.106. The van der Waals surface area contributed by atoms with Crippen molar-refractivity contribution in [2.45, 2.75) is 6.42 Å². The molecular weight excluding hydrogens is 454 g/mol. The van der Waals surface area contributed by atoms with Crippen LogP contribution in [-0.2, 0) is 9.53 Å². The predicted molar refractivity (Wildman–Crippen MR) is 132 cm³/mol. The van der Waals surface area contributed by atoms with Gasteiger partial charge in [-0.1, -0.05) is 17.4 Å². The van der Waals surface area contributed by atoms with Crippen molar-refractivity contribution in [2.75, 3.05) is 58.2 Å². The van der Waals surface area contributed by atoms with E-state index in [4.69, 9.17) is 23.9 Å². The molecule has 2 aromatic carbocycles. The van der Waals surface area contributed by atoms with Crippen molar-refractivity contribution in [2.24, 2.45) is 0 Å². The van der Waals surface area contributed by atoms with Crippen molar-refractivity contribution >= 4 is 38.7 Å². The Balaban J connectivity index is 1.34. The zero-order valence-electron chi connectivity index (χ0n) is 19.1. The van der Waals surface area contributed by atoms with Gasteiger partial charge in [-0.3, -0.25) is 14.6 Å². The molecule has 0 atom stereocenters. The molecule has 1 saturated heterocycles. The van der Waals surface area contributed by atoms with Gasteiger partial charge in [0.25, 0.3) is 5.91 Å². The molecule has 178 valence electrons. The second-order valence-corrected chi connectivity index (χ2v) is 9.08. The topological polar surface area (TPSA) is 73.4 Å². The summed E-state index contributed by atoms with van der Waals surface area (Å²) in [6.07, 6.45) is 4.25. The molecule has 0 bridgehead atoms. The first kappa shape index (κ1) is 22.6. The standard InChI is InChI=1S/C25H27N3O5S/c1-30-19-5-6-20-23(16-19)34-25(26-20)28(10-2-9-27-11-13-31-14-12-27)24(29)8-4-18-3-7-21-22(15-18)33-17-32-21/h3-8,15-16H,2,9-14,17H2,1H3/b8-4+. The number of ether oxygens (including phenoxy) is 4. The van der Waals surface area contributed by atoms with Gasteiger partial charge in [0.15, 0.2) is 16.6 Å². The molecule has 9 heteroatoms. The van der Waals surface area contributed by atoms with Gasteiger partial charge in [-0.25, -0.2) is 4.98 Å². The van der Waals surface area contributed by atoms with Gasteiger partial charge >= 0.3 is 0 Å². The average Bonchev–Trinajstić information content (AvgIpc) is 3.51. The fraction of sp³-hybridized carbons (Fsp3) is 0.360. The molecular formula is C25H27N3O5S. The summed E-state index contributed by atoms with van der Waals surface area (Å²) in [6, 6.07) is 11.4. The number of methoxy groups -OCH3 is 1. The Morgan fingerprint density at radius 1 is 1.18 bits per heavy atom. The SMILES string of the molecule is COc1ccc2nc(N(CCCN3CCOCC3)C(=O)/C=C/c3ccc4c(c3)OCO4)sc2c1. The minimum atomic E-state index is -0.106. The lowest BCUT2D eigenvalue weighted by molar-refractivity contribution is -0.114. The van der Waals surface area contributed by atoms with E-state index in [-0.39, 0.29) is 12.7 Å². The highest BCUT2D eigenvalue weighted by molar-refractivity contribution is 7.22. The Morgan fingerprint density at radius 2 is 2.03 bits per heavy atom. The van der Waals surface area contributed by atoms with Crippen LogP contribution in [-0.4, -0.2) is 69.1 Å². The van der Waals surface area contributed by atoms with E-state index in [9.17, 15) is 4.79 Å². The molecule has 0 radical (unpaired) electrons. The van der Waals surface area contributed by atoms with Crippen LogP contribution >= 0.6 is 11.3 Å². The number of fused-ring (bicyclic) bond motifs is 2. The molecule has 3 heterocycles. The molecule has 1 amide bonds. The van der Waals surface area contributed by atoms with Crippen molar-refractivity contribution in [3.63, 3.8) is 0 Å². The number of amides is 1. The Kier molecular flexibility index (Phi) is 6.94. The number of hydrogen-bond donors (Lipinski definition) is 0. The lowest BCUT2D eigenvalue weighted by Gasteiger charge is -2.27. The maximum absolute atomic E-state index is 13.3. The van der Waals surface area contributed by atoms with E-state index in [0.29, 0.717) is 17.4 Å². The van der Waals surface area contributed by atoms with Gasteiger partial charge in [0, 0.05) is 32.3 Å². The molecule has 0 unspecified atom stereocenters. The molecule has 2 aliphatic heterocycles. The zero-order valence-corrected chi connectivity index (χ0v) is 19.9. The zero-order chi connectivity index (χ0) is 23.3. The van der Waals surface area contributed by atoms with Crippen molar-refractivity contribution in [1.82, 2.24) is 9.88 Å². The summed E-state index contributed by atoms with van der Waals surface area (Å²) >= 11 is 1.50. The number of nitrogens with zero attached hydrogens (tertiary/aromatic N) is 3. The monoisotopic (exact) mass is 481 g/mol. The molecule has 0 aliphatic carbocycles. The summed E-state index contributed by atoms with van der Waals surface area (Å²) in [5, 5.41) is 0.686. The lowest BCUT2D eigenvalue weighted by atomic mass is 10.2. The van der Waals surface area contributed by atoms with Crippen LogP contribution < -0.4 is 19.1 Å². The summed E-state index contributed by atoms with van der Waals surface area (Å²) in [7, 11) is 1.64. The highest BCUT2D eigenvalue weighted by Gasteiger charge is 2.19. The quantitative estimate of drug-likeness (QED) is 0.453. The fourth-order valence-corrected chi connectivity index (χ4v) is 5.01. The average molecular weight is 482 g/mol. The first-order valence-corrected chi connectivity index (χ1v) is 12.2. The first-order chi connectivity index (χ1) is 16.7. The molecule has 0 spiro atoms. The largest absolute Gasteiger partial charge is 0.497 e. The maximum Gasteiger partial charge on any atom is 0.252 e. The van der Waals surface area contributed by atoms with Gasteiger partial charge in [-0.2, -0.15) is 0 Å². The van der Waals surface area contributed by atoms with Crippen LogP contribution in [0.4, 0.5) is 5.13 Å². The number of anilines is 1. The van der Waals surface area contributed by atoms with Gasteiger partial charge < -0.3 is 18.9 Å². The van der Waals surface area contributed by atoms with E-state index in [1.165, 1.54) is 11.3 Å². The van der Waals surface area contributed by atoms with Gasteiger partial charge in [0.2, 0.25) is 6.79 Å². The second-order valence-electron chi connectivity index (χ2n) is 8.07. The van der Waals surface area contributed by atoms with Gasteiger partial charge in [-0.15, -0.1) is 0 Å². The molecule has 34 heavy (non-hydrogen) atoms. The van der Waals surface area contributed by atoms with E-state index in [1.54, 1.807) is 24.2 Å². The number of carbonyl (C=O) groups is 1. The third-order valence-electron chi connectivity index (χ3n) is 5.86. The maximum atomic E-state index is 13.3.